The van der Waals surface area contributed by atoms with Crippen LogP contribution in [-0.4, -0.2) is 51.2 Å². The summed E-state index contributed by atoms with van der Waals surface area (Å²) in [6.45, 7) is 4.44. The second-order valence-electron chi connectivity index (χ2n) is 7.59. The molecule has 0 N–H and O–H groups in total. The van der Waals surface area contributed by atoms with E-state index in [-0.39, 0.29) is 11.8 Å². The van der Waals surface area contributed by atoms with Crippen molar-refractivity contribution in [3.8, 4) is 0 Å². The van der Waals surface area contributed by atoms with Crippen LogP contribution in [0.15, 0.2) is 42.7 Å². The van der Waals surface area contributed by atoms with Crippen molar-refractivity contribution in [2.24, 2.45) is 5.41 Å². The van der Waals surface area contributed by atoms with Gasteiger partial charge in [-0.05, 0) is 50.5 Å². The van der Waals surface area contributed by atoms with Crippen LogP contribution in [0.25, 0.3) is 0 Å². The lowest BCUT2D eigenvalue weighted by molar-refractivity contribution is -0.138. The first kappa shape index (κ1) is 17.6. The number of aromatic nitrogens is 2. The first-order valence-electron chi connectivity index (χ1n) is 9.49. The highest BCUT2D eigenvalue weighted by molar-refractivity contribution is 5.95. The van der Waals surface area contributed by atoms with Crippen molar-refractivity contribution in [2.45, 2.75) is 32.7 Å². The van der Waals surface area contributed by atoms with Gasteiger partial charge >= 0.3 is 0 Å². The average Bonchev–Trinajstić information content (AvgIpc) is 2.97. The van der Waals surface area contributed by atoms with Crippen LogP contribution < -0.4 is 0 Å². The minimum Gasteiger partial charge on any atom is -0.338 e. The molecular formula is C21H24N4O2. The second-order valence-corrected chi connectivity index (χ2v) is 7.59. The lowest BCUT2D eigenvalue weighted by Crippen LogP contribution is -2.49. The molecule has 0 bridgehead atoms. The van der Waals surface area contributed by atoms with Crippen molar-refractivity contribution in [2.75, 3.05) is 19.6 Å². The fourth-order valence-corrected chi connectivity index (χ4v) is 4.29. The molecule has 2 fully saturated rings. The molecule has 1 spiro atoms. The highest BCUT2D eigenvalue weighted by Gasteiger charge is 2.49. The van der Waals surface area contributed by atoms with Gasteiger partial charge in [-0.15, -0.1) is 0 Å². The quantitative estimate of drug-likeness (QED) is 0.839. The molecule has 0 aromatic carbocycles. The Morgan fingerprint density at radius 2 is 1.96 bits per heavy atom. The Morgan fingerprint density at radius 1 is 1.15 bits per heavy atom. The highest BCUT2D eigenvalue weighted by Crippen LogP contribution is 2.40. The van der Waals surface area contributed by atoms with Crippen LogP contribution in [0.3, 0.4) is 0 Å². The van der Waals surface area contributed by atoms with E-state index in [4.69, 9.17) is 0 Å². The van der Waals surface area contributed by atoms with Gasteiger partial charge in [0.1, 0.15) is 0 Å². The minimum atomic E-state index is -0.440. The van der Waals surface area contributed by atoms with E-state index in [1.165, 1.54) is 0 Å². The van der Waals surface area contributed by atoms with Gasteiger partial charge in [-0.3, -0.25) is 19.6 Å². The monoisotopic (exact) mass is 364 g/mol. The first-order valence-corrected chi connectivity index (χ1v) is 9.49. The van der Waals surface area contributed by atoms with Crippen LogP contribution in [0.4, 0.5) is 0 Å². The van der Waals surface area contributed by atoms with Crippen LogP contribution in [0.1, 0.15) is 41.0 Å². The van der Waals surface area contributed by atoms with Crippen molar-refractivity contribution >= 4 is 11.8 Å². The number of carbonyl (C=O) groups is 2. The maximum Gasteiger partial charge on any atom is 0.253 e. The smallest absolute Gasteiger partial charge is 0.253 e. The van der Waals surface area contributed by atoms with E-state index >= 15 is 0 Å². The van der Waals surface area contributed by atoms with E-state index in [9.17, 15) is 9.59 Å². The van der Waals surface area contributed by atoms with Gasteiger partial charge in [-0.2, -0.15) is 0 Å². The van der Waals surface area contributed by atoms with Gasteiger partial charge in [0.15, 0.2) is 0 Å². The van der Waals surface area contributed by atoms with E-state index in [2.05, 4.69) is 9.97 Å². The van der Waals surface area contributed by atoms with Gasteiger partial charge in [-0.1, -0.05) is 6.07 Å². The number of likely N-dealkylation sites (tertiary alicyclic amines) is 2. The van der Waals surface area contributed by atoms with Crippen molar-refractivity contribution in [3.05, 3.63) is 59.7 Å². The summed E-state index contributed by atoms with van der Waals surface area (Å²) in [6.07, 6.45) is 5.77. The molecule has 2 aliphatic heterocycles. The van der Waals surface area contributed by atoms with Crippen molar-refractivity contribution in [1.82, 2.24) is 19.8 Å². The molecule has 2 aliphatic rings. The third-order valence-electron chi connectivity index (χ3n) is 5.69. The predicted octanol–water partition coefficient (Wildman–Crippen LogP) is 2.44. The summed E-state index contributed by atoms with van der Waals surface area (Å²) in [6, 6.07) is 9.36. The molecule has 0 aliphatic carbocycles. The average molecular weight is 364 g/mol. The molecule has 140 valence electrons. The third kappa shape index (κ3) is 3.44. The van der Waals surface area contributed by atoms with Crippen LogP contribution in [0.2, 0.25) is 0 Å². The largest absolute Gasteiger partial charge is 0.338 e. The zero-order valence-electron chi connectivity index (χ0n) is 15.6. The van der Waals surface area contributed by atoms with Crippen molar-refractivity contribution in [1.29, 1.82) is 0 Å². The Morgan fingerprint density at radius 3 is 2.74 bits per heavy atom. The molecule has 6 nitrogen and oxygen atoms in total. The number of rotatable bonds is 3. The summed E-state index contributed by atoms with van der Waals surface area (Å²) >= 11 is 0. The fraction of sp³-hybridized carbons (Fsp3) is 0.429. The van der Waals surface area contributed by atoms with Gasteiger partial charge < -0.3 is 9.80 Å². The molecule has 4 heterocycles. The minimum absolute atomic E-state index is 0.0110. The molecule has 0 unspecified atom stereocenters. The second kappa shape index (κ2) is 7.10. The van der Waals surface area contributed by atoms with Crippen LogP contribution in [0.5, 0.6) is 0 Å². The molecule has 2 saturated heterocycles. The molecule has 27 heavy (non-hydrogen) atoms. The Kier molecular flexibility index (Phi) is 4.64. The number of pyridine rings is 2. The molecule has 2 aromatic heterocycles. The molecule has 0 radical (unpaired) electrons. The molecule has 0 saturated carbocycles. The van der Waals surface area contributed by atoms with Crippen LogP contribution in [-0.2, 0) is 11.3 Å². The summed E-state index contributed by atoms with van der Waals surface area (Å²) in [5, 5.41) is 0. The summed E-state index contributed by atoms with van der Waals surface area (Å²) in [5.41, 5.74) is 2.07. The van der Waals surface area contributed by atoms with Crippen LogP contribution >= 0.6 is 0 Å². The number of piperidine rings is 1. The van der Waals surface area contributed by atoms with Gasteiger partial charge in [0.2, 0.25) is 5.91 Å². The molecule has 2 amide bonds. The van der Waals surface area contributed by atoms with Crippen molar-refractivity contribution < 1.29 is 9.59 Å². The zero-order valence-corrected chi connectivity index (χ0v) is 15.6. The molecule has 6 heteroatoms. The summed E-state index contributed by atoms with van der Waals surface area (Å²) in [4.78, 5) is 38.3. The van der Waals surface area contributed by atoms with Gasteiger partial charge in [-0.25, -0.2) is 0 Å². The molecule has 4 rings (SSSR count). The van der Waals surface area contributed by atoms with Gasteiger partial charge in [0, 0.05) is 43.3 Å². The van der Waals surface area contributed by atoms with E-state index in [1.807, 2.05) is 34.9 Å². The van der Waals surface area contributed by atoms with E-state index in [0.29, 0.717) is 25.2 Å². The zero-order chi connectivity index (χ0) is 18.9. The number of nitrogens with zero attached hydrogens (tertiary/aromatic N) is 4. The standard InChI is InChI=1S/C21H24N4O2/c1-16-4-2-5-18(23-16)14-24-13-9-21(20(24)27)8-3-12-25(15-21)19(26)17-6-10-22-11-7-17/h2,4-7,10-11H,3,8-9,12-15H2,1H3/t21-/m1/s1. The molecule has 1 atom stereocenters. The van der Waals surface area contributed by atoms with Crippen LogP contribution in [0, 0.1) is 12.3 Å². The molecular weight excluding hydrogens is 340 g/mol. The van der Waals surface area contributed by atoms with E-state index in [0.717, 1.165) is 37.2 Å². The SMILES string of the molecule is Cc1cccc(CN2CC[C@@]3(CCCN(C(=O)c4ccncc4)C3)C2=O)n1. The lowest BCUT2D eigenvalue weighted by atomic mass is 9.78. The first-order chi connectivity index (χ1) is 13.1. The summed E-state index contributed by atoms with van der Waals surface area (Å²) in [5.74, 6) is 0.154. The maximum absolute atomic E-state index is 13.2. The number of aryl methyl sites for hydroxylation is 1. The molecule has 2 aromatic rings. The number of carbonyl (C=O) groups excluding carboxylic acids is 2. The topological polar surface area (TPSA) is 66.4 Å². The fourth-order valence-electron chi connectivity index (χ4n) is 4.29. The summed E-state index contributed by atoms with van der Waals surface area (Å²) in [7, 11) is 0. The lowest BCUT2D eigenvalue weighted by Gasteiger charge is -2.39. The van der Waals surface area contributed by atoms with E-state index < -0.39 is 5.41 Å². The number of hydrogen-bond acceptors (Lipinski definition) is 4. The third-order valence-corrected chi connectivity index (χ3v) is 5.69. The summed E-state index contributed by atoms with van der Waals surface area (Å²) < 4.78 is 0. The Hall–Kier alpha value is -2.76. The number of hydrogen-bond donors (Lipinski definition) is 0. The van der Waals surface area contributed by atoms with E-state index in [1.54, 1.807) is 24.5 Å². The Labute approximate surface area is 159 Å². The normalized spacial score (nSPS) is 22.5. The van der Waals surface area contributed by atoms with Crippen molar-refractivity contribution in [3.63, 3.8) is 0 Å². The van der Waals surface area contributed by atoms with Gasteiger partial charge in [0.25, 0.3) is 5.91 Å². The maximum atomic E-state index is 13.2. The highest BCUT2D eigenvalue weighted by atomic mass is 16.2. The Balaban J connectivity index is 1.48. The predicted molar refractivity (Wildman–Crippen MR) is 101 cm³/mol. The number of amides is 2. The van der Waals surface area contributed by atoms with Gasteiger partial charge in [0.05, 0.1) is 17.7 Å². The Bertz CT molecular complexity index is 854.